The molecule has 0 saturated heterocycles. The molecule has 1 aliphatic heterocycles. The highest BCUT2D eigenvalue weighted by atomic mass is 16.4. The minimum Gasteiger partial charge on any atom is -0.479 e. The van der Waals surface area contributed by atoms with Crippen molar-refractivity contribution in [2.45, 2.75) is 25.0 Å². The van der Waals surface area contributed by atoms with Crippen LogP contribution in [0.15, 0.2) is 96.0 Å². The third-order valence-electron chi connectivity index (χ3n) is 5.31. The van der Waals surface area contributed by atoms with Crippen LogP contribution in [-0.2, 0) is 16.9 Å². The van der Waals surface area contributed by atoms with Crippen molar-refractivity contribution in [2.24, 2.45) is 4.99 Å². The number of carboxylic acid groups (broad SMARTS) is 1. The summed E-state index contributed by atoms with van der Waals surface area (Å²) in [6.07, 6.45) is 0. The van der Waals surface area contributed by atoms with Crippen LogP contribution in [0, 0.1) is 0 Å². The highest BCUT2D eigenvalue weighted by Gasteiger charge is 2.55. The normalized spacial score (nSPS) is 21.4. The Labute approximate surface area is 164 Å². The molecule has 4 rings (SSSR count). The zero-order chi connectivity index (χ0) is 19.6. The molecule has 0 bridgehead atoms. The average Bonchev–Trinajstić information content (AvgIpc) is 3.03. The second kappa shape index (κ2) is 7.31. The Kier molecular flexibility index (Phi) is 4.70. The van der Waals surface area contributed by atoms with E-state index in [9.17, 15) is 9.90 Å². The Morgan fingerprint density at radius 3 is 2.04 bits per heavy atom. The Bertz CT molecular complexity index is 987. The summed E-state index contributed by atoms with van der Waals surface area (Å²) in [6.45, 7) is 2.49. The zero-order valence-corrected chi connectivity index (χ0v) is 15.7. The van der Waals surface area contributed by atoms with Gasteiger partial charge in [0.1, 0.15) is 0 Å². The number of benzene rings is 3. The quantitative estimate of drug-likeness (QED) is 0.712. The number of hydrogen-bond acceptors (Lipinski definition) is 3. The van der Waals surface area contributed by atoms with Crippen molar-refractivity contribution >= 4 is 11.8 Å². The number of carboxylic acids is 1. The molecule has 1 heterocycles. The topological polar surface area (TPSA) is 52.9 Å². The van der Waals surface area contributed by atoms with Crippen LogP contribution in [0.2, 0.25) is 0 Å². The van der Waals surface area contributed by atoms with E-state index < -0.39 is 17.6 Å². The third kappa shape index (κ3) is 2.97. The molecule has 0 aliphatic carbocycles. The van der Waals surface area contributed by atoms with Crippen molar-refractivity contribution in [3.8, 4) is 0 Å². The van der Waals surface area contributed by atoms with Crippen LogP contribution in [-0.4, -0.2) is 21.8 Å². The largest absolute Gasteiger partial charge is 0.479 e. The predicted octanol–water partition coefficient (Wildman–Crippen LogP) is 4.64. The van der Waals surface area contributed by atoms with Crippen LogP contribution in [0.4, 0.5) is 0 Å². The fourth-order valence-corrected chi connectivity index (χ4v) is 4.04. The van der Waals surface area contributed by atoms with Gasteiger partial charge in [-0.1, -0.05) is 91.0 Å². The average molecular weight is 370 g/mol. The molecular weight excluding hydrogens is 348 g/mol. The van der Waals surface area contributed by atoms with Gasteiger partial charge in [0.15, 0.2) is 0 Å². The molecule has 1 N–H and O–H groups in total. The lowest BCUT2D eigenvalue weighted by molar-refractivity contribution is -0.145. The van der Waals surface area contributed by atoms with Gasteiger partial charge in [-0.15, -0.1) is 0 Å². The minimum atomic E-state index is -1.39. The molecule has 0 saturated carbocycles. The van der Waals surface area contributed by atoms with E-state index in [0.29, 0.717) is 12.1 Å². The van der Waals surface area contributed by atoms with E-state index in [1.807, 2.05) is 85.8 Å². The summed E-state index contributed by atoms with van der Waals surface area (Å²) in [4.78, 5) is 19.6. The van der Waals surface area contributed by atoms with E-state index in [1.165, 1.54) is 0 Å². The summed E-state index contributed by atoms with van der Waals surface area (Å²) in [5.74, 6) is -0.216. The highest BCUT2D eigenvalue weighted by molar-refractivity contribution is 5.93. The first-order valence-electron chi connectivity index (χ1n) is 9.34. The maximum atomic E-state index is 12.7. The van der Waals surface area contributed by atoms with Crippen molar-refractivity contribution in [1.82, 2.24) is 4.90 Å². The molecule has 0 fully saturated rings. The molecule has 0 unspecified atom stereocenters. The summed E-state index contributed by atoms with van der Waals surface area (Å²) in [5, 5.41) is 10.4. The lowest BCUT2D eigenvalue weighted by Gasteiger charge is -2.36. The third-order valence-corrected chi connectivity index (χ3v) is 5.31. The second-order valence-corrected chi connectivity index (χ2v) is 7.02. The zero-order valence-electron chi connectivity index (χ0n) is 15.7. The fraction of sp³-hybridized carbons (Fsp3) is 0.167. The maximum absolute atomic E-state index is 12.7. The lowest BCUT2D eigenvalue weighted by atomic mass is 9.80. The maximum Gasteiger partial charge on any atom is 0.338 e. The highest BCUT2D eigenvalue weighted by Crippen LogP contribution is 2.48. The van der Waals surface area contributed by atoms with Gasteiger partial charge in [-0.05, 0) is 23.6 Å². The molecule has 0 radical (unpaired) electrons. The molecule has 0 amide bonds. The summed E-state index contributed by atoms with van der Waals surface area (Å²) in [5.41, 5.74) is 1.35. The standard InChI is InChI=1S/C24H22N2O2/c1-18-25-24(23(27)28,21-15-9-4-10-16-21)22(20-13-7-3-8-14-20)26(18)17-19-11-5-2-6-12-19/h2-16,22H,17H2,1H3,(H,27,28)/t22-,24-/m0/s1. The van der Waals surface area contributed by atoms with E-state index >= 15 is 0 Å². The van der Waals surface area contributed by atoms with Crippen molar-refractivity contribution < 1.29 is 9.90 Å². The number of aliphatic imine (C=N–C) groups is 1. The number of amidine groups is 1. The Morgan fingerprint density at radius 1 is 0.929 bits per heavy atom. The first-order chi connectivity index (χ1) is 13.6. The molecule has 0 aromatic heterocycles. The van der Waals surface area contributed by atoms with Gasteiger partial charge >= 0.3 is 5.97 Å². The molecule has 28 heavy (non-hydrogen) atoms. The van der Waals surface area contributed by atoms with E-state index in [4.69, 9.17) is 4.99 Å². The molecule has 3 aromatic rings. The van der Waals surface area contributed by atoms with Gasteiger partial charge in [-0.3, -0.25) is 0 Å². The number of hydrogen-bond donors (Lipinski definition) is 1. The van der Waals surface area contributed by atoms with Crippen LogP contribution in [0.3, 0.4) is 0 Å². The van der Waals surface area contributed by atoms with E-state index in [-0.39, 0.29) is 0 Å². The van der Waals surface area contributed by atoms with Crippen LogP contribution in [0.25, 0.3) is 0 Å². The van der Waals surface area contributed by atoms with E-state index in [2.05, 4.69) is 17.0 Å². The Morgan fingerprint density at radius 2 is 1.46 bits per heavy atom. The molecular formula is C24H22N2O2. The number of nitrogens with zero attached hydrogens (tertiary/aromatic N) is 2. The summed E-state index contributed by atoms with van der Waals surface area (Å²) in [7, 11) is 0. The molecule has 3 aromatic carbocycles. The summed E-state index contributed by atoms with van der Waals surface area (Å²) in [6, 6.07) is 28.8. The molecule has 4 heteroatoms. The van der Waals surface area contributed by atoms with Gasteiger partial charge < -0.3 is 10.0 Å². The smallest absolute Gasteiger partial charge is 0.338 e. The van der Waals surface area contributed by atoms with Crippen molar-refractivity contribution in [1.29, 1.82) is 0 Å². The summed E-state index contributed by atoms with van der Waals surface area (Å²) >= 11 is 0. The van der Waals surface area contributed by atoms with Gasteiger partial charge in [0.2, 0.25) is 5.54 Å². The first kappa shape index (κ1) is 18.0. The minimum absolute atomic E-state index is 0.436. The van der Waals surface area contributed by atoms with Gasteiger partial charge in [-0.25, -0.2) is 9.79 Å². The van der Waals surface area contributed by atoms with Gasteiger partial charge in [-0.2, -0.15) is 0 Å². The first-order valence-corrected chi connectivity index (χ1v) is 9.34. The molecule has 1 aliphatic rings. The van der Waals surface area contributed by atoms with Gasteiger partial charge in [0.05, 0.1) is 11.9 Å². The second-order valence-electron chi connectivity index (χ2n) is 7.02. The molecule has 4 nitrogen and oxygen atoms in total. The fourth-order valence-electron chi connectivity index (χ4n) is 4.04. The van der Waals surface area contributed by atoms with Gasteiger partial charge in [0.25, 0.3) is 0 Å². The lowest BCUT2D eigenvalue weighted by Crippen LogP contribution is -2.43. The Balaban J connectivity index is 1.89. The number of rotatable bonds is 5. The van der Waals surface area contributed by atoms with Crippen molar-refractivity contribution in [3.63, 3.8) is 0 Å². The molecule has 2 atom stereocenters. The SMILES string of the molecule is CC1=N[C@@](C(=O)O)(c2ccccc2)[C@H](c2ccccc2)N1Cc1ccccc1. The van der Waals surface area contributed by atoms with Gasteiger partial charge in [0, 0.05) is 6.54 Å². The monoisotopic (exact) mass is 370 g/mol. The number of aliphatic carboxylic acids is 1. The van der Waals surface area contributed by atoms with Crippen LogP contribution >= 0.6 is 0 Å². The molecule has 0 spiro atoms. The number of carbonyl (C=O) groups is 1. The van der Waals surface area contributed by atoms with Crippen molar-refractivity contribution in [2.75, 3.05) is 0 Å². The van der Waals surface area contributed by atoms with Crippen LogP contribution in [0.1, 0.15) is 29.7 Å². The van der Waals surface area contributed by atoms with E-state index in [1.54, 1.807) is 0 Å². The molecule has 140 valence electrons. The van der Waals surface area contributed by atoms with E-state index in [0.717, 1.165) is 17.0 Å². The Hall–Kier alpha value is -3.40. The van der Waals surface area contributed by atoms with Crippen LogP contribution < -0.4 is 0 Å². The predicted molar refractivity (Wildman–Crippen MR) is 110 cm³/mol. The van der Waals surface area contributed by atoms with Crippen molar-refractivity contribution in [3.05, 3.63) is 108 Å². The summed E-state index contributed by atoms with van der Waals surface area (Å²) < 4.78 is 0. The van der Waals surface area contributed by atoms with Crippen LogP contribution in [0.5, 0.6) is 0 Å².